The molecule has 16 nitrogen and oxygen atoms in total. The number of rotatable bonds is 13. The monoisotopic (exact) mass is 860 g/mol. The Bertz CT molecular complexity index is 2430. The number of ether oxygens (including phenoxy) is 6. The lowest BCUT2D eigenvalue weighted by Gasteiger charge is -2.46. The molecule has 63 heavy (non-hydrogen) atoms. The number of esters is 3. The third kappa shape index (κ3) is 7.98. The molecule has 0 radical (unpaired) electrons. The zero-order valence-corrected chi connectivity index (χ0v) is 34.5. The first-order valence-electron chi connectivity index (χ1n) is 20.0. The molecule has 2 N–H and O–H groups in total. The van der Waals surface area contributed by atoms with Crippen LogP contribution in [0.25, 0.3) is 0 Å². The highest BCUT2D eigenvalue weighted by atomic mass is 16.6. The zero-order chi connectivity index (χ0) is 44.8. The van der Waals surface area contributed by atoms with Crippen LogP contribution in [0.1, 0.15) is 52.4 Å². The molecule has 0 unspecified atom stereocenters. The lowest BCUT2D eigenvalue weighted by atomic mass is 9.65. The summed E-state index contributed by atoms with van der Waals surface area (Å²) in [6.07, 6.45) is -2.45. The average molecular weight is 861 g/mol. The molecular weight excluding hydrogens is 817 g/mol. The van der Waals surface area contributed by atoms with Crippen LogP contribution in [-0.2, 0) is 53.1 Å². The first-order valence-corrected chi connectivity index (χ1v) is 20.0. The number of hydrogen-bond acceptors (Lipinski definition) is 14. The van der Waals surface area contributed by atoms with Crippen LogP contribution in [0.2, 0.25) is 0 Å². The van der Waals surface area contributed by atoms with E-state index in [1.54, 1.807) is 71.6 Å². The molecule has 0 bridgehead atoms. The van der Waals surface area contributed by atoms with Gasteiger partial charge in [-0.3, -0.25) is 28.9 Å². The van der Waals surface area contributed by atoms with Crippen LogP contribution in [0.15, 0.2) is 103 Å². The fourth-order valence-electron chi connectivity index (χ4n) is 8.96. The van der Waals surface area contributed by atoms with Crippen molar-refractivity contribution in [2.75, 3.05) is 52.7 Å². The summed E-state index contributed by atoms with van der Waals surface area (Å²) in [7, 11) is 3.64. The van der Waals surface area contributed by atoms with Gasteiger partial charge in [-0.25, -0.2) is 9.69 Å². The van der Waals surface area contributed by atoms with Gasteiger partial charge in [-0.15, -0.1) is 0 Å². The van der Waals surface area contributed by atoms with Crippen LogP contribution in [0.5, 0.6) is 5.75 Å². The molecule has 16 heteroatoms. The smallest absolute Gasteiger partial charge is 0.421 e. The van der Waals surface area contributed by atoms with E-state index in [1.165, 1.54) is 25.3 Å². The van der Waals surface area contributed by atoms with Crippen molar-refractivity contribution in [1.29, 1.82) is 0 Å². The van der Waals surface area contributed by atoms with Crippen LogP contribution < -0.4 is 9.64 Å². The van der Waals surface area contributed by atoms with E-state index in [-0.39, 0.29) is 55.4 Å². The van der Waals surface area contributed by atoms with E-state index >= 15 is 4.79 Å². The number of nitrogens with zero attached hydrogens (tertiary/aromatic N) is 2. The molecule has 1 spiro atoms. The summed E-state index contributed by atoms with van der Waals surface area (Å²) in [5.41, 5.74) is -0.506. The number of aliphatic hydroxyl groups excluding tert-OH is 1. The first-order chi connectivity index (χ1) is 30.5. The van der Waals surface area contributed by atoms with Gasteiger partial charge in [-0.1, -0.05) is 84.6 Å². The highest BCUT2D eigenvalue weighted by Crippen LogP contribution is 2.66. The van der Waals surface area contributed by atoms with Crippen molar-refractivity contribution in [2.45, 2.75) is 36.1 Å². The summed E-state index contributed by atoms with van der Waals surface area (Å²) in [5.74, 6) is -2.48. The maximum Gasteiger partial charge on any atom is 0.421 e. The van der Waals surface area contributed by atoms with E-state index < -0.39 is 77.4 Å². The lowest BCUT2D eigenvalue weighted by Crippen LogP contribution is -2.53. The fraction of sp³-hybridized carbons (Fsp3) is 0.319. The van der Waals surface area contributed by atoms with Crippen LogP contribution in [-0.4, -0.2) is 105 Å². The second kappa shape index (κ2) is 18.9. The second-order valence-corrected chi connectivity index (χ2v) is 14.8. The number of aliphatic carboxylic acids is 1. The number of amides is 2. The van der Waals surface area contributed by atoms with Gasteiger partial charge in [0.25, 0.3) is 0 Å². The van der Waals surface area contributed by atoms with Crippen molar-refractivity contribution in [3.05, 3.63) is 131 Å². The van der Waals surface area contributed by atoms with Crippen molar-refractivity contribution >= 4 is 41.6 Å². The molecule has 0 aromatic heterocycles. The Hall–Kier alpha value is -7.06. The number of benzene rings is 4. The summed E-state index contributed by atoms with van der Waals surface area (Å²) in [5, 5.41) is 21.2. The van der Waals surface area contributed by atoms with Crippen LogP contribution in [0.4, 0.5) is 10.5 Å². The maximum absolute atomic E-state index is 15.8. The summed E-state index contributed by atoms with van der Waals surface area (Å²) in [6.45, 7) is -0.668. The minimum absolute atomic E-state index is 0.0131. The number of morpholine rings is 1. The number of imide groups is 1. The van der Waals surface area contributed by atoms with E-state index in [1.807, 2.05) is 18.2 Å². The van der Waals surface area contributed by atoms with E-state index in [2.05, 4.69) is 11.8 Å². The van der Waals surface area contributed by atoms with E-state index in [4.69, 9.17) is 28.4 Å². The maximum atomic E-state index is 15.8. The highest BCUT2D eigenvalue weighted by Gasteiger charge is 2.76. The van der Waals surface area contributed by atoms with Gasteiger partial charge in [0, 0.05) is 19.1 Å². The van der Waals surface area contributed by atoms with Gasteiger partial charge < -0.3 is 38.6 Å². The Morgan fingerprint density at radius 1 is 0.794 bits per heavy atom. The quantitative estimate of drug-likeness (QED) is 0.0633. The fourth-order valence-corrected chi connectivity index (χ4v) is 8.96. The number of carboxylic acids is 1. The third-order valence-electron chi connectivity index (χ3n) is 11.5. The molecule has 0 aliphatic carbocycles. The molecule has 2 amide bonds. The minimum Gasteiger partial charge on any atom is -0.491 e. The SMILES string of the molecule is COCCOC(=O)N1C(=O)[C@@]2(c3cc(C#CCC(C(=O)OC)C(=O)OC)ccc31)[C@H](C(=O)O)[C@H]1C(=O)O[C@H](c3ccccc3)[C@H](c3ccccc3)N1[C@@H]2c1cccc(OCCO)c1. The van der Waals surface area contributed by atoms with Gasteiger partial charge in [0.2, 0.25) is 5.91 Å². The average Bonchev–Trinajstić information content (AvgIpc) is 3.76. The van der Waals surface area contributed by atoms with Gasteiger partial charge >= 0.3 is 30.0 Å². The Kier molecular flexibility index (Phi) is 13.2. The number of methoxy groups -OCH3 is 3. The number of anilines is 1. The van der Waals surface area contributed by atoms with Gasteiger partial charge in [0.1, 0.15) is 42.4 Å². The van der Waals surface area contributed by atoms with Crippen LogP contribution in [0, 0.1) is 23.7 Å². The normalized spacial score (nSPS) is 22.4. The lowest BCUT2D eigenvalue weighted by molar-refractivity contribution is -0.179. The summed E-state index contributed by atoms with van der Waals surface area (Å²) in [4.78, 5) is 86.4. The Morgan fingerprint density at radius 2 is 1.46 bits per heavy atom. The van der Waals surface area contributed by atoms with Crippen molar-refractivity contribution in [3.8, 4) is 17.6 Å². The summed E-state index contributed by atoms with van der Waals surface area (Å²) < 4.78 is 32.3. The van der Waals surface area contributed by atoms with E-state index in [0.29, 0.717) is 16.7 Å². The first kappa shape index (κ1) is 44.0. The predicted molar refractivity (Wildman–Crippen MR) is 221 cm³/mol. The Balaban J connectivity index is 1.53. The van der Waals surface area contributed by atoms with Gasteiger partial charge in [0.15, 0.2) is 5.92 Å². The Labute approximate surface area is 362 Å². The van der Waals surface area contributed by atoms with E-state index in [9.17, 15) is 34.2 Å². The number of fused-ring (bicyclic) bond motifs is 3. The molecular formula is C47H44N2O14. The third-order valence-corrected chi connectivity index (χ3v) is 11.5. The minimum atomic E-state index is -2.29. The molecule has 2 fully saturated rings. The van der Waals surface area contributed by atoms with Crippen molar-refractivity contribution in [2.24, 2.45) is 11.8 Å². The van der Waals surface area contributed by atoms with E-state index in [0.717, 1.165) is 19.1 Å². The van der Waals surface area contributed by atoms with Gasteiger partial charge in [-0.2, -0.15) is 0 Å². The van der Waals surface area contributed by atoms with Crippen molar-refractivity contribution in [3.63, 3.8) is 0 Å². The number of carboxylic acid groups (broad SMARTS) is 1. The molecule has 4 aromatic carbocycles. The largest absolute Gasteiger partial charge is 0.491 e. The molecule has 2 saturated heterocycles. The number of carbonyl (C=O) groups excluding carboxylic acids is 5. The number of cyclic esters (lactones) is 1. The zero-order valence-electron chi connectivity index (χ0n) is 34.5. The summed E-state index contributed by atoms with van der Waals surface area (Å²) >= 11 is 0. The number of hydrogen-bond donors (Lipinski definition) is 2. The number of aliphatic hydroxyl groups is 1. The standard InChI is InChI=1S/C47H44N2O14/c1-58-24-25-62-46(57)48-35-21-20-28(12-10-19-33(42(53)59-2)43(54)60-3)26-34(35)47(45(48)56)36(41(51)52)38-44(55)63-39(30-15-8-5-9-16-30)37(29-13-6-4-7-14-29)49(38)40(47)31-17-11-18-32(27-31)61-23-22-50/h4-9,11,13-18,20-21,26-27,33,36-40,50H,19,22-25H2,1-3H3,(H,51,52)/t36-,37-,38-,39+,40+,47-/m0/s1. The second-order valence-electron chi connectivity index (χ2n) is 14.8. The van der Waals surface area contributed by atoms with Crippen LogP contribution >= 0.6 is 0 Å². The molecule has 7 rings (SSSR count). The number of carbonyl (C=O) groups is 6. The molecule has 6 atom stereocenters. The van der Waals surface area contributed by atoms with Crippen LogP contribution in [0.3, 0.4) is 0 Å². The topological polar surface area (TPSA) is 205 Å². The molecule has 4 aromatic rings. The molecule has 3 heterocycles. The molecule has 3 aliphatic heterocycles. The van der Waals surface area contributed by atoms with Gasteiger partial charge in [-0.05, 0) is 52.6 Å². The highest BCUT2D eigenvalue weighted by molar-refractivity contribution is 6.23. The molecule has 326 valence electrons. The predicted octanol–water partition coefficient (Wildman–Crippen LogP) is 4.29. The summed E-state index contributed by atoms with van der Waals surface area (Å²) in [6, 6.07) is 25.1. The van der Waals surface area contributed by atoms with Crippen molar-refractivity contribution < 1.29 is 67.4 Å². The van der Waals surface area contributed by atoms with Gasteiger partial charge in [0.05, 0.1) is 45.2 Å². The Morgan fingerprint density at radius 3 is 2.10 bits per heavy atom. The molecule has 0 saturated carbocycles. The molecule has 3 aliphatic rings. The van der Waals surface area contributed by atoms with Crippen molar-refractivity contribution in [1.82, 2.24) is 4.90 Å².